The average Bonchev–Trinajstić information content (AvgIpc) is 2.68. The first kappa shape index (κ1) is 11.8. The molecule has 1 unspecified atom stereocenters. The Morgan fingerprint density at radius 1 is 1.28 bits per heavy atom. The summed E-state index contributed by atoms with van der Waals surface area (Å²) in [5, 5.41) is 1.49. The molecule has 2 nitrogen and oxygen atoms in total. The van der Waals surface area contributed by atoms with Crippen molar-refractivity contribution in [2.24, 2.45) is 18.7 Å². The second-order valence-electron chi connectivity index (χ2n) is 5.75. The van der Waals surface area contributed by atoms with Crippen molar-refractivity contribution in [3.8, 4) is 0 Å². The lowest BCUT2D eigenvalue weighted by Gasteiger charge is -2.22. The number of aromatic nitrogens is 1. The molecule has 0 fully saturated rings. The van der Waals surface area contributed by atoms with Crippen molar-refractivity contribution in [1.29, 1.82) is 0 Å². The van der Waals surface area contributed by atoms with E-state index < -0.39 is 0 Å². The summed E-state index contributed by atoms with van der Waals surface area (Å²) < 4.78 is 2.42. The van der Waals surface area contributed by atoms with Gasteiger partial charge >= 0.3 is 0 Å². The van der Waals surface area contributed by atoms with E-state index in [9.17, 15) is 0 Å². The summed E-state index contributed by atoms with van der Waals surface area (Å²) in [6, 6.07) is 4.49. The van der Waals surface area contributed by atoms with Crippen LogP contribution in [0, 0.1) is 19.8 Å². The molecule has 0 saturated heterocycles. The number of fused-ring (bicyclic) bond motifs is 3. The molecule has 0 radical (unpaired) electrons. The molecule has 18 heavy (non-hydrogen) atoms. The van der Waals surface area contributed by atoms with E-state index in [0.29, 0.717) is 5.92 Å². The standard InChI is InChI=1S/C16H22N2/c1-10-4-5-11(2)16-15(10)13-8-12(9-17)6-7-14(13)18(16)3/h4-5,12H,6-9,17H2,1-3H3. The summed E-state index contributed by atoms with van der Waals surface area (Å²) in [4.78, 5) is 0. The zero-order valence-corrected chi connectivity index (χ0v) is 11.6. The number of nitrogens with zero attached hydrogens (tertiary/aromatic N) is 1. The van der Waals surface area contributed by atoms with Gasteiger partial charge in [0.15, 0.2) is 0 Å². The van der Waals surface area contributed by atoms with Crippen LogP contribution < -0.4 is 5.73 Å². The molecule has 1 aliphatic rings. The van der Waals surface area contributed by atoms with Gasteiger partial charge in [0, 0.05) is 18.1 Å². The van der Waals surface area contributed by atoms with Gasteiger partial charge < -0.3 is 10.3 Å². The quantitative estimate of drug-likeness (QED) is 0.819. The van der Waals surface area contributed by atoms with Crippen LogP contribution in [0.5, 0.6) is 0 Å². The minimum absolute atomic E-state index is 0.669. The van der Waals surface area contributed by atoms with E-state index >= 15 is 0 Å². The molecule has 0 bridgehead atoms. The van der Waals surface area contributed by atoms with Crippen molar-refractivity contribution in [2.45, 2.75) is 33.1 Å². The monoisotopic (exact) mass is 242 g/mol. The SMILES string of the molecule is Cc1ccc(C)c2c1c1c(n2C)CCC(CN)C1. The van der Waals surface area contributed by atoms with E-state index in [1.54, 1.807) is 5.56 Å². The number of hydrogen-bond donors (Lipinski definition) is 1. The first-order valence-corrected chi connectivity index (χ1v) is 6.90. The highest BCUT2D eigenvalue weighted by atomic mass is 15.0. The molecule has 1 heterocycles. The first-order valence-electron chi connectivity index (χ1n) is 6.90. The molecule has 2 heteroatoms. The molecule has 2 aromatic rings. The fraction of sp³-hybridized carbons (Fsp3) is 0.500. The number of benzene rings is 1. The smallest absolute Gasteiger partial charge is 0.0515 e. The zero-order chi connectivity index (χ0) is 12.9. The van der Waals surface area contributed by atoms with Crippen LogP contribution >= 0.6 is 0 Å². The maximum atomic E-state index is 5.87. The fourth-order valence-electron chi connectivity index (χ4n) is 3.56. The van der Waals surface area contributed by atoms with Crippen molar-refractivity contribution in [1.82, 2.24) is 4.57 Å². The minimum atomic E-state index is 0.669. The van der Waals surface area contributed by atoms with Gasteiger partial charge in [-0.15, -0.1) is 0 Å². The Hall–Kier alpha value is -1.28. The Morgan fingerprint density at radius 2 is 2.00 bits per heavy atom. The van der Waals surface area contributed by atoms with Gasteiger partial charge in [0.25, 0.3) is 0 Å². The van der Waals surface area contributed by atoms with Crippen LogP contribution in [-0.2, 0) is 19.9 Å². The van der Waals surface area contributed by atoms with Gasteiger partial charge in [-0.05, 0) is 62.3 Å². The number of aryl methyl sites for hydroxylation is 3. The highest BCUT2D eigenvalue weighted by Crippen LogP contribution is 2.36. The van der Waals surface area contributed by atoms with Crippen LogP contribution in [0.15, 0.2) is 12.1 Å². The largest absolute Gasteiger partial charge is 0.347 e. The molecule has 0 amide bonds. The van der Waals surface area contributed by atoms with Gasteiger partial charge in [-0.2, -0.15) is 0 Å². The van der Waals surface area contributed by atoms with Crippen LogP contribution in [0.3, 0.4) is 0 Å². The molecule has 1 atom stereocenters. The van der Waals surface area contributed by atoms with E-state index in [1.165, 1.54) is 40.6 Å². The summed E-state index contributed by atoms with van der Waals surface area (Å²) in [5.41, 5.74) is 13.2. The van der Waals surface area contributed by atoms with Crippen LogP contribution in [0.2, 0.25) is 0 Å². The summed E-state index contributed by atoms with van der Waals surface area (Å²) in [5.74, 6) is 0.669. The summed E-state index contributed by atoms with van der Waals surface area (Å²) >= 11 is 0. The lowest BCUT2D eigenvalue weighted by Crippen LogP contribution is -2.22. The first-order chi connectivity index (χ1) is 8.63. The van der Waals surface area contributed by atoms with Gasteiger partial charge in [-0.3, -0.25) is 0 Å². The van der Waals surface area contributed by atoms with Gasteiger partial charge in [0.1, 0.15) is 0 Å². The molecule has 1 aromatic carbocycles. The molecule has 96 valence electrons. The van der Waals surface area contributed by atoms with Gasteiger partial charge in [-0.1, -0.05) is 12.1 Å². The average molecular weight is 242 g/mol. The third-order valence-corrected chi connectivity index (χ3v) is 4.59. The molecule has 0 saturated carbocycles. The summed E-state index contributed by atoms with van der Waals surface area (Å²) in [6.45, 7) is 5.27. The zero-order valence-electron chi connectivity index (χ0n) is 11.6. The Labute approximate surface area is 109 Å². The van der Waals surface area contributed by atoms with E-state index in [2.05, 4.69) is 37.6 Å². The van der Waals surface area contributed by atoms with Crippen LogP contribution in [-0.4, -0.2) is 11.1 Å². The maximum absolute atomic E-state index is 5.87. The predicted octanol–water partition coefficient (Wildman–Crippen LogP) is 2.86. The van der Waals surface area contributed by atoms with Crippen LogP contribution in [0.4, 0.5) is 0 Å². The molecule has 3 rings (SSSR count). The van der Waals surface area contributed by atoms with Crippen LogP contribution in [0.1, 0.15) is 28.8 Å². The van der Waals surface area contributed by atoms with E-state index in [0.717, 1.165) is 13.0 Å². The summed E-state index contributed by atoms with van der Waals surface area (Å²) in [6.07, 6.45) is 3.58. The minimum Gasteiger partial charge on any atom is -0.347 e. The molecule has 2 N–H and O–H groups in total. The van der Waals surface area contributed by atoms with Gasteiger partial charge in [0.05, 0.1) is 5.52 Å². The lowest BCUT2D eigenvalue weighted by molar-refractivity contribution is 0.462. The van der Waals surface area contributed by atoms with Crippen molar-refractivity contribution in [3.05, 3.63) is 34.5 Å². The van der Waals surface area contributed by atoms with Crippen molar-refractivity contribution >= 4 is 10.9 Å². The van der Waals surface area contributed by atoms with E-state index in [4.69, 9.17) is 5.73 Å². The maximum Gasteiger partial charge on any atom is 0.0515 e. The van der Waals surface area contributed by atoms with Crippen molar-refractivity contribution < 1.29 is 0 Å². The van der Waals surface area contributed by atoms with Gasteiger partial charge in [-0.25, -0.2) is 0 Å². The Kier molecular flexibility index (Phi) is 2.70. The highest BCUT2D eigenvalue weighted by Gasteiger charge is 2.24. The molecular weight excluding hydrogens is 220 g/mol. The van der Waals surface area contributed by atoms with E-state index in [1.807, 2.05) is 0 Å². The normalized spacial score (nSPS) is 19.2. The topological polar surface area (TPSA) is 30.9 Å². The fourth-order valence-corrected chi connectivity index (χ4v) is 3.56. The summed E-state index contributed by atoms with van der Waals surface area (Å²) in [7, 11) is 2.22. The second kappa shape index (κ2) is 4.13. The van der Waals surface area contributed by atoms with Crippen molar-refractivity contribution in [2.75, 3.05) is 6.54 Å². The Bertz CT molecular complexity index is 607. The molecule has 0 aliphatic heterocycles. The third kappa shape index (κ3) is 1.52. The Morgan fingerprint density at radius 3 is 2.72 bits per heavy atom. The predicted molar refractivity (Wildman–Crippen MR) is 77.0 cm³/mol. The van der Waals surface area contributed by atoms with Gasteiger partial charge in [0.2, 0.25) is 0 Å². The lowest BCUT2D eigenvalue weighted by atomic mass is 9.85. The van der Waals surface area contributed by atoms with Crippen LogP contribution in [0.25, 0.3) is 10.9 Å². The number of nitrogens with two attached hydrogens (primary N) is 1. The molecule has 1 aliphatic carbocycles. The highest BCUT2D eigenvalue weighted by molar-refractivity contribution is 5.91. The number of hydrogen-bond acceptors (Lipinski definition) is 1. The molecule has 1 aromatic heterocycles. The van der Waals surface area contributed by atoms with E-state index in [-0.39, 0.29) is 0 Å². The number of rotatable bonds is 1. The van der Waals surface area contributed by atoms with Crippen molar-refractivity contribution in [3.63, 3.8) is 0 Å². The second-order valence-corrected chi connectivity index (χ2v) is 5.75. The Balaban J connectivity index is 2.32. The molecule has 0 spiro atoms. The molecular formula is C16H22N2. The third-order valence-electron chi connectivity index (χ3n) is 4.59.